The Morgan fingerprint density at radius 1 is 0.675 bits per heavy atom. The predicted octanol–water partition coefficient (Wildman–Crippen LogP) is 12.4. The molecule has 3 aromatic heterocycles. The zero-order valence-electron chi connectivity index (χ0n) is 42.3. The molecule has 3 aliphatic heterocycles. The van der Waals surface area contributed by atoms with Crippen LogP contribution in [0.1, 0.15) is 51.9 Å². The molecule has 0 bridgehead atoms. The van der Waals surface area contributed by atoms with Gasteiger partial charge in [0.1, 0.15) is 24.4 Å². The maximum Gasteiger partial charge on any atom is 0.417 e. The number of primary amides is 1. The number of amides is 1. The van der Waals surface area contributed by atoms with Crippen molar-refractivity contribution in [1.29, 1.82) is 5.26 Å². The molecule has 0 aliphatic carbocycles. The Morgan fingerprint density at radius 3 is 1.46 bits per heavy atom. The number of nitriles is 1. The summed E-state index contributed by atoms with van der Waals surface area (Å²) >= 11 is 17.8. The predicted molar refractivity (Wildman–Crippen MR) is 287 cm³/mol. The highest BCUT2D eigenvalue weighted by Gasteiger charge is 2.34. The van der Waals surface area contributed by atoms with Gasteiger partial charge in [-0.2, -0.15) is 53.2 Å². The van der Waals surface area contributed by atoms with Gasteiger partial charge in [0, 0.05) is 69.3 Å². The molecule has 32 heteroatoms. The Bertz CT molecular complexity index is 3300. The van der Waals surface area contributed by atoms with Gasteiger partial charge in [0.05, 0.1) is 73.9 Å². The van der Waals surface area contributed by atoms with Crippen LogP contribution in [0, 0.1) is 23.7 Å². The second kappa shape index (κ2) is 30.4. The summed E-state index contributed by atoms with van der Waals surface area (Å²) in [4.78, 5) is 30.0. The Balaban J connectivity index is 0.000000241. The number of alkyl halides is 9. The number of halogens is 14. The van der Waals surface area contributed by atoms with Gasteiger partial charge in [-0.1, -0.05) is 59.1 Å². The highest BCUT2D eigenvalue weighted by Crippen LogP contribution is 2.39. The van der Waals surface area contributed by atoms with E-state index in [1.807, 2.05) is 9.80 Å². The summed E-state index contributed by atoms with van der Waals surface area (Å²) in [6.07, 6.45) is -9.34. The Labute approximate surface area is 488 Å². The third-order valence-electron chi connectivity index (χ3n) is 11.4. The summed E-state index contributed by atoms with van der Waals surface area (Å²) in [5.74, 6) is -0.742. The highest BCUT2D eigenvalue weighted by atomic mass is 35.5. The molecule has 3 saturated heterocycles. The molecule has 5 N–H and O–H groups in total. The van der Waals surface area contributed by atoms with Crippen molar-refractivity contribution in [2.75, 3.05) is 49.1 Å². The lowest BCUT2D eigenvalue weighted by Gasteiger charge is -2.22. The van der Waals surface area contributed by atoms with Crippen molar-refractivity contribution in [2.24, 2.45) is 5.73 Å². The number of carbonyl (C=O) groups excluding carboxylic acids is 1. The van der Waals surface area contributed by atoms with Crippen LogP contribution in [-0.2, 0) is 28.9 Å². The number of hydrogen-bond donors (Lipinski definition) is 4. The van der Waals surface area contributed by atoms with Gasteiger partial charge in [-0.05, 0) is 61.5 Å². The van der Waals surface area contributed by atoms with E-state index in [1.165, 1.54) is 36.4 Å². The van der Waals surface area contributed by atoms with Crippen LogP contribution in [0.15, 0.2) is 110 Å². The van der Waals surface area contributed by atoms with Crippen molar-refractivity contribution in [3.63, 3.8) is 0 Å². The maximum absolute atomic E-state index is 12.6. The molecular weight excluding hydrogens is 1230 g/mol. The molecule has 3 fully saturated rings. The fourth-order valence-corrected chi connectivity index (χ4v) is 8.44. The molecule has 0 unspecified atom stereocenters. The maximum atomic E-state index is 12.6. The van der Waals surface area contributed by atoms with Crippen LogP contribution < -0.4 is 35.1 Å². The van der Waals surface area contributed by atoms with Crippen LogP contribution in [-0.4, -0.2) is 96.0 Å². The van der Waals surface area contributed by atoms with E-state index < -0.39 is 57.3 Å². The number of anilines is 2. The number of para-hydroxylation sites is 2. The van der Waals surface area contributed by atoms with Gasteiger partial charge in [-0.3, -0.25) is 13.9 Å². The monoisotopic (exact) mass is 1270 g/mol. The number of hydrogen-bond acceptors (Lipinski definition) is 13. The number of nitrogens with one attached hydrogen (secondary N) is 1. The molecule has 83 heavy (non-hydrogen) atoms. The van der Waals surface area contributed by atoms with E-state index >= 15 is 0 Å². The Kier molecular flexibility index (Phi) is 25.0. The average Bonchev–Trinajstić information content (AvgIpc) is 4.24. The summed E-state index contributed by atoms with van der Waals surface area (Å²) < 4.78 is 173. The van der Waals surface area contributed by atoms with Crippen molar-refractivity contribution in [1.82, 2.24) is 20.3 Å². The lowest BCUT2D eigenvalue weighted by molar-refractivity contribution is -0.138. The molecule has 3 aromatic carbocycles. The number of pyridine rings is 3. The van der Waals surface area contributed by atoms with Crippen LogP contribution in [0.2, 0.25) is 15.1 Å². The molecule has 17 nitrogen and oxygen atoms in total. The Morgan fingerprint density at radius 2 is 1.08 bits per heavy atom. The molecule has 6 heterocycles. The number of rotatable bonds is 9. The van der Waals surface area contributed by atoms with E-state index in [2.05, 4.69) is 25.1 Å². The summed E-state index contributed by atoms with van der Waals surface area (Å²) in [6, 6.07) is 22.5. The SMILES string of the molecule is Cl.FC(F)(F)c1ccc(O[C@H]2CCNC2)nc1.N#Cc1cccc(Cl)c1F.NC(=O)c1cccc(Cl)c1N1CC[C@H](Oc2ccc(C(F)(F)F)cn2)C1.O=S(=O)(O)O.[C-]#[N+]c1cccc(Cl)c1N1CC[C@H](Oc2ccc(C(F)(F)F)cn2)C1. The van der Waals surface area contributed by atoms with Gasteiger partial charge >= 0.3 is 28.9 Å². The van der Waals surface area contributed by atoms with Crippen molar-refractivity contribution < 1.29 is 80.4 Å². The molecule has 0 spiro atoms. The van der Waals surface area contributed by atoms with Crippen molar-refractivity contribution in [3.8, 4) is 23.7 Å². The summed E-state index contributed by atoms with van der Waals surface area (Å²) in [7, 11) is -4.67. The molecule has 446 valence electrons. The minimum atomic E-state index is -4.67. The minimum absolute atomic E-state index is 0. The van der Waals surface area contributed by atoms with E-state index in [0.29, 0.717) is 78.2 Å². The summed E-state index contributed by atoms with van der Waals surface area (Å²) in [5, 5.41) is 12.3. The summed E-state index contributed by atoms with van der Waals surface area (Å²) in [6.45, 7) is 10.9. The first-order chi connectivity index (χ1) is 38.4. The third-order valence-corrected chi connectivity index (χ3v) is 12.3. The molecule has 0 radical (unpaired) electrons. The number of nitrogens with two attached hydrogens (primary N) is 1. The highest BCUT2D eigenvalue weighted by molar-refractivity contribution is 7.79. The number of aromatic nitrogens is 3. The van der Waals surface area contributed by atoms with Gasteiger partial charge in [0.2, 0.25) is 23.3 Å². The lowest BCUT2D eigenvalue weighted by Crippen LogP contribution is -2.27. The van der Waals surface area contributed by atoms with Crippen LogP contribution in [0.5, 0.6) is 17.6 Å². The molecule has 1 amide bonds. The first-order valence-electron chi connectivity index (χ1n) is 23.5. The zero-order chi connectivity index (χ0) is 60.6. The molecular formula is C51H45Cl4F10N9O8S. The first-order valence-corrected chi connectivity index (χ1v) is 26.1. The molecule has 0 saturated carbocycles. The van der Waals surface area contributed by atoms with Crippen LogP contribution in [0.25, 0.3) is 4.85 Å². The number of ether oxygens (including phenoxy) is 3. The van der Waals surface area contributed by atoms with E-state index in [4.69, 9.17) is 84.1 Å². The summed E-state index contributed by atoms with van der Waals surface area (Å²) in [5.41, 5.74) is 4.94. The van der Waals surface area contributed by atoms with Crippen LogP contribution >= 0.6 is 47.2 Å². The Hall–Kier alpha value is -7.15. The zero-order valence-corrected chi connectivity index (χ0v) is 46.2. The van der Waals surface area contributed by atoms with Crippen LogP contribution in [0.3, 0.4) is 0 Å². The first kappa shape index (κ1) is 68.3. The number of benzene rings is 3. The quantitative estimate of drug-likeness (QED) is 0.0599. The van der Waals surface area contributed by atoms with E-state index in [9.17, 15) is 48.7 Å². The van der Waals surface area contributed by atoms with Gasteiger partial charge in [0.25, 0.3) is 5.91 Å². The average molecular weight is 1280 g/mol. The molecule has 3 aliphatic rings. The number of nitrogens with zero attached hydrogens (tertiary/aromatic N) is 7. The van der Waals surface area contributed by atoms with E-state index in [-0.39, 0.29) is 58.9 Å². The number of carbonyl (C=O) groups is 1. The third kappa shape index (κ3) is 21.5. The second-order valence-electron chi connectivity index (χ2n) is 17.2. The van der Waals surface area contributed by atoms with Crippen LogP contribution in [0.4, 0.5) is 61.0 Å². The molecule has 6 aromatic rings. The van der Waals surface area contributed by atoms with E-state index in [0.717, 1.165) is 49.8 Å². The smallest absolute Gasteiger partial charge is 0.417 e. The minimum Gasteiger partial charge on any atom is -0.473 e. The van der Waals surface area contributed by atoms with E-state index in [1.54, 1.807) is 42.5 Å². The van der Waals surface area contributed by atoms with Gasteiger partial charge in [0.15, 0.2) is 5.82 Å². The fraction of sp³-hybridized carbons (Fsp3) is 0.294. The normalized spacial score (nSPS) is 16.5. The van der Waals surface area contributed by atoms with Gasteiger partial charge in [-0.25, -0.2) is 24.2 Å². The largest absolute Gasteiger partial charge is 0.473 e. The second-order valence-corrected chi connectivity index (χ2v) is 19.3. The van der Waals surface area contributed by atoms with Crippen molar-refractivity contribution in [2.45, 2.75) is 56.1 Å². The standard InChI is InChI=1S/C17H15ClF3N3O2.C17H13ClF3N3O.C10H11F3N2O.C7H3ClFN.ClH.H2O4S/c18-13-3-1-2-12(16(22)25)15(13)24-7-6-11(9-24)26-14-5-4-10(8-23-14)17(19,20)21;1-22-14-4-2-3-13(18)16(14)24-8-7-12(10-24)25-15-6-5-11(9-23-15)17(19,20)21;11-10(12,13)7-1-2-9(15-5-7)16-8-3-4-14-6-8;8-6-3-1-2-5(4-10)7(6)9;;1-5(2,3)4/h1-5,8,11H,6-7,9H2,(H2,22,25);2-6,9,12H,7-8,10H2;1-2,5,8,14H,3-4,6H2;1-3H;1H;(H2,1,2,3,4)/t11-;12-;8-;;;/m000.../s1. The topological polar surface area (TPSA) is 231 Å². The van der Waals surface area contributed by atoms with Crippen molar-refractivity contribution >= 4 is 80.6 Å². The molecule has 9 rings (SSSR count). The van der Waals surface area contributed by atoms with Gasteiger partial charge in [-0.15, -0.1) is 12.4 Å². The fourth-order valence-electron chi connectivity index (χ4n) is 7.68. The lowest BCUT2D eigenvalue weighted by atomic mass is 10.1. The van der Waals surface area contributed by atoms with Crippen molar-refractivity contribution in [3.05, 3.63) is 170 Å². The van der Waals surface area contributed by atoms with Gasteiger partial charge < -0.3 is 35.1 Å². The molecule has 3 atom stereocenters.